The lowest BCUT2D eigenvalue weighted by Gasteiger charge is -2.29. The topological polar surface area (TPSA) is 57.3 Å². The first-order valence-corrected chi connectivity index (χ1v) is 8.26. The number of piperidine rings is 1. The molecule has 1 aliphatic heterocycles. The molecule has 22 heavy (non-hydrogen) atoms. The number of aryl methyl sites for hydroxylation is 1. The molecule has 0 bridgehead atoms. The van der Waals surface area contributed by atoms with E-state index in [0.29, 0.717) is 25.4 Å². The predicted octanol–water partition coefficient (Wildman–Crippen LogP) is 2.04. The SMILES string of the molecule is Cc1cccnc1NCCNC(=O)CC[C@@H]1CCCN(C)C1. The minimum absolute atomic E-state index is 0.160. The molecule has 122 valence electrons. The van der Waals surface area contributed by atoms with E-state index in [1.165, 1.54) is 19.4 Å². The van der Waals surface area contributed by atoms with Gasteiger partial charge in [-0.25, -0.2) is 4.98 Å². The number of likely N-dealkylation sites (tertiary alicyclic amines) is 1. The average Bonchev–Trinajstić information content (AvgIpc) is 2.51. The van der Waals surface area contributed by atoms with Crippen molar-refractivity contribution in [2.75, 3.05) is 38.5 Å². The minimum atomic E-state index is 0.160. The molecular formula is C17H28N4O. The Kier molecular flexibility index (Phi) is 6.65. The lowest BCUT2D eigenvalue weighted by Crippen LogP contribution is -2.33. The van der Waals surface area contributed by atoms with E-state index in [9.17, 15) is 4.79 Å². The highest BCUT2D eigenvalue weighted by Gasteiger charge is 2.17. The second kappa shape index (κ2) is 8.73. The first-order chi connectivity index (χ1) is 10.6. The number of rotatable bonds is 7. The highest BCUT2D eigenvalue weighted by atomic mass is 16.1. The van der Waals surface area contributed by atoms with Gasteiger partial charge in [0.25, 0.3) is 0 Å². The van der Waals surface area contributed by atoms with Crippen molar-refractivity contribution in [3.8, 4) is 0 Å². The second-order valence-electron chi connectivity index (χ2n) is 6.25. The van der Waals surface area contributed by atoms with Gasteiger partial charge in [-0.15, -0.1) is 0 Å². The summed E-state index contributed by atoms with van der Waals surface area (Å²) in [5, 5.41) is 6.23. The summed E-state index contributed by atoms with van der Waals surface area (Å²) >= 11 is 0. The van der Waals surface area contributed by atoms with Crippen LogP contribution >= 0.6 is 0 Å². The molecule has 1 amide bonds. The number of hydrogen-bond acceptors (Lipinski definition) is 4. The van der Waals surface area contributed by atoms with E-state index in [0.717, 1.165) is 24.3 Å². The maximum absolute atomic E-state index is 11.9. The van der Waals surface area contributed by atoms with Crippen LogP contribution in [-0.2, 0) is 4.79 Å². The number of amides is 1. The summed E-state index contributed by atoms with van der Waals surface area (Å²) < 4.78 is 0. The van der Waals surface area contributed by atoms with Crippen LogP contribution in [0.1, 0.15) is 31.2 Å². The zero-order valence-electron chi connectivity index (χ0n) is 13.8. The van der Waals surface area contributed by atoms with Crippen molar-refractivity contribution < 1.29 is 4.79 Å². The molecule has 1 aromatic rings. The molecule has 0 aliphatic carbocycles. The highest BCUT2D eigenvalue weighted by Crippen LogP contribution is 2.19. The van der Waals surface area contributed by atoms with Crippen molar-refractivity contribution in [3.63, 3.8) is 0 Å². The Morgan fingerprint density at radius 3 is 3.09 bits per heavy atom. The Labute approximate surface area is 133 Å². The molecule has 0 spiro atoms. The Hall–Kier alpha value is -1.62. The van der Waals surface area contributed by atoms with Gasteiger partial charge in [-0.1, -0.05) is 6.07 Å². The Balaban J connectivity index is 1.57. The van der Waals surface area contributed by atoms with Gasteiger partial charge < -0.3 is 15.5 Å². The predicted molar refractivity (Wildman–Crippen MR) is 89.9 cm³/mol. The van der Waals surface area contributed by atoms with Crippen molar-refractivity contribution in [1.82, 2.24) is 15.2 Å². The van der Waals surface area contributed by atoms with Crippen LogP contribution in [0.2, 0.25) is 0 Å². The normalized spacial score (nSPS) is 18.9. The molecule has 1 saturated heterocycles. The smallest absolute Gasteiger partial charge is 0.220 e. The lowest BCUT2D eigenvalue weighted by atomic mass is 9.93. The van der Waals surface area contributed by atoms with Crippen molar-refractivity contribution >= 4 is 11.7 Å². The van der Waals surface area contributed by atoms with Crippen molar-refractivity contribution in [1.29, 1.82) is 0 Å². The number of anilines is 1. The van der Waals surface area contributed by atoms with Crippen LogP contribution in [0.25, 0.3) is 0 Å². The van der Waals surface area contributed by atoms with E-state index in [-0.39, 0.29) is 5.91 Å². The quantitative estimate of drug-likeness (QED) is 0.757. The van der Waals surface area contributed by atoms with Crippen LogP contribution < -0.4 is 10.6 Å². The van der Waals surface area contributed by atoms with Gasteiger partial charge in [-0.3, -0.25) is 4.79 Å². The maximum atomic E-state index is 11.9. The largest absolute Gasteiger partial charge is 0.368 e. The fraction of sp³-hybridized carbons (Fsp3) is 0.647. The molecule has 1 atom stereocenters. The molecule has 0 radical (unpaired) electrons. The molecule has 2 heterocycles. The fourth-order valence-corrected chi connectivity index (χ4v) is 2.99. The Morgan fingerprint density at radius 1 is 1.45 bits per heavy atom. The Bertz CT molecular complexity index is 477. The number of carbonyl (C=O) groups is 1. The highest BCUT2D eigenvalue weighted by molar-refractivity contribution is 5.75. The van der Waals surface area contributed by atoms with E-state index in [1.807, 2.05) is 19.1 Å². The lowest BCUT2D eigenvalue weighted by molar-refractivity contribution is -0.121. The van der Waals surface area contributed by atoms with Gasteiger partial charge in [0.2, 0.25) is 5.91 Å². The average molecular weight is 304 g/mol. The number of nitrogens with zero attached hydrogens (tertiary/aromatic N) is 2. The first-order valence-electron chi connectivity index (χ1n) is 8.26. The molecule has 1 fully saturated rings. The number of hydrogen-bond donors (Lipinski definition) is 2. The summed E-state index contributed by atoms with van der Waals surface area (Å²) in [5.41, 5.74) is 1.12. The first kappa shape index (κ1) is 16.7. The van der Waals surface area contributed by atoms with E-state index in [1.54, 1.807) is 6.20 Å². The van der Waals surface area contributed by atoms with Crippen LogP contribution in [-0.4, -0.2) is 49.0 Å². The molecule has 0 aromatic carbocycles. The zero-order chi connectivity index (χ0) is 15.8. The standard InChI is InChI=1S/C17H28N4O/c1-14-5-3-9-19-17(14)20-11-10-18-16(22)8-7-15-6-4-12-21(2)13-15/h3,5,9,15H,4,6-8,10-13H2,1-2H3,(H,18,22)(H,19,20)/t15-/m0/s1. The van der Waals surface area contributed by atoms with E-state index >= 15 is 0 Å². The molecule has 1 aliphatic rings. The zero-order valence-corrected chi connectivity index (χ0v) is 13.8. The second-order valence-corrected chi connectivity index (χ2v) is 6.25. The van der Waals surface area contributed by atoms with Crippen molar-refractivity contribution in [2.45, 2.75) is 32.6 Å². The molecule has 2 rings (SSSR count). The third kappa shape index (κ3) is 5.64. The van der Waals surface area contributed by atoms with E-state index in [4.69, 9.17) is 0 Å². The van der Waals surface area contributed by atoms with Gasteiger partial charge in [-0.2, -0.15) is 0 Å². The van der Waals surface area contributed by atoms with Gasteiger partial charge in [0.1, 0.15) is 5.82 Å². The summed E-state index contributed by atoms with van der Waals surface area (Å²) in [6.07, 6.45) is 5.94. The van der Waals surface area contributed by atoms with Crippen molar-refractivity contribution in [3.05, 3.63) is 23.9 Å². The summed E-state index contributed by atoms with van der Waals surface area (Å²) in [7, 11) is 2.16. The molecule has 5 heteroatoms. The van der Waals surface area contributed by atoms with Crippen LogP contribution in [0.4, 0.5) is 5.82 Å². The Morgan fingerprint density at radius 2 is 2.32 bits per heavy atom. The summed E-state index contributed by atoms with van der Waals surface area (Å²) in [6.45, 7) is 5.69. The maximum Gasteiger partial charge on any atom is 0.220 e. The summed E-state index contributed by atoms with van der Waals surface area (Å²) in [5.74, 6) is 1.73. The van der Waals surface area contributed by atoms with Crippen molar-refractivity contribution in [2.24, 2.45) is 5.92 Å². The molecule has 5 nitrogen and oxygen atoms in total. The van der Waals surface area contributed by atoms with Gasteiger partial charge in [0, 0.05) is 32.3 Å². The van der Waals surface area contributed by atoms with Crippen LogP contribution in [0.5, 0.6) is 0 Å². The number of aromatic nitrogens is 1. The van der Waals surface area contributed by atoms with Gasteiger partial charge in [0.05, 0.1) is 0 Å². The van der Waals surface area contributed by atoms with Crippen LogP contribution in [0.3, 0.4) is 0 Å². The number of nitrogens with one attached hydrogen (secondary N) is 2. The van der Waals surface area contributed by atoms with Gasteiger partial charge in [-0.05, 0) is 57.3 Å². The molecule has 0 unspecified atom stereocenters. The number of pyridine rings is 1. The minimum Gasteiger partial charge on any atom is -0.368 e. The van der Waals surface area contributed by atoms with E-state index < -0.39 is 0 Å². The van der Waals surface area contributed by atoms with Crippen LogP contribution in [0.15, 0.2) is 18.3 Å². The molecule has 2 N–H and O–H groups in total. The molecule has 0 saturated carbocycles. The summed E-state index contributed by atoms with van der Waals surface area (Å²) in [6, 6.07) is 3.94. The van der Waals surface area contributed by atoms with Gasteiger partial charge >= 0.3 is 0 Å². The summed E-state index contributed by atoms with van der Waals surface area (Å²) in [4.78, 5) is 18.5. The van der Waals surface area contributed by atoms with E-state index in [2.05, 4.69) is 27.6 Å². The number of carbonyl (C=O) groups excluding carboxylic acids is 1. The van der Waals surface area contributed by atoms with Gasteiger partial charge in [0.15, 0.2) is 0 Å². The molecular weight excluding hydrogens is 276 g/mol. The fourth-order valence-electron chi connectivity index (χ4n) is 2.99. The third-order valence-corrected chi connectivity index (χ3v) is 4.25. The molecule has 1 aromatic heterocycles. The third-order valence-electron chi connectivity index (χ3n) is 4.25. The monoisotopic (exact) mass is 304 g/mol. The van der Waals surface area contributed by atoms with Crippen LogP contribution in [0, 0.1) is 12.8 Å².